The fraction of sp³-hybridized carbons (Fsp3) is 0.526. The molecule has 2 fully saturated rings. The van der Waals surface area contributed by atoms with Crippen LogP contribution in [0.25, 0.3) is 11.0 Å². The van der Waals surface area contributed by atoms with Crippen molar-refractivity contribution in [1.82, 2.24) is 15.3 Å². The summed E-state index contributed by atoms with van der Waals surface area (Å²) in [7, 11) is -3.10. The molecule has 2 aromatic rings. The quantitative estimate of drug-likeness (QED) is 0.783. The van der Waals surface area contributed by atoms with Gasteiger partial charge in [0.15, 0.2) is 21.3 Å². The number of rotatable bonds is 3. The summed E-state index contributed by atoms with van der Waals surface area (Å²) in [5.41, 5.74) is -0.475. The number of amides is 1. The zero-order valence-corrected chi connectivity index (χ0v) is 16.8. The van der Waals surface area contributed by atoms with Crippen molar-refractivity contribution in [3.8, 4) is 0 Å². The second-order valence-corrected chi connectivity index (χ2v) is 9.98. The molecule has 2 aliphatic rings. The number of para-hydroxylation sites is 2. The van der Waals surface area contributed by atoms with Crippen LogP contribution in [-0.4, -0.2) is 54.9 Å². The van der Waals surface area contributed by atoms with Crippen molar-refractivity contribution >= 4 is 32.6 Å². The molecule has 0 saturated carbocycles. The van der Waals surface area contributed by atoms with Crippen molar-refractivity contribution in [2.24, 2.45) is 5.92 Å². The van der Waals surface area contributed by atoms with Crippen LogP contribution in [0.4, 0.5) is 19.0 Å². The number of aromatic nitrogens is 2. The predicted molar refractivity (Wildman–Crippen MR) is 105 cm³/mol. The third-order valence-corrected chi connectivity index (χ3v) is 7.33. The summed E-state index contributed by atoms with van der Waals surface area (Å²) >= 11 is 0. The molecule has 4 rings (SSSR count). The lowest BCUT2D eigenvalue weighted by Crippen LogP contribution is -2.44. The predicted octanol–water partition coefficient (Wildman–Crippen LogP) is 2.17. The number of carbonyl (C=O) groups is 1. The molecule has 1 aromatic heterocycles. The van der Waals surface area contributed by atoms with Crippen LogP contribution in [0.5, 0.6) is 0 Å². The van der Waals surface area contributed by atoms with Gasteiger partial charge in [0.25, 0.3) is 0 Å². The molecule has 7 nitrogen and oxygen atoms in total. The van der Waals surface area contributed by atoms with Gasteiger partial charge in [0.05, 0.1) is 22.5 Å². The van der Waals surface area contributed by atoms with Crippen molar-refractivity contribution < 1.29 is 26.4 Å². The van der Waals surface area contributed by atoms with Gasteiger partial charge in [-0.25, -0.2) is 18.4 Å². The SMILES string of the molecule is O=C(N[C@H]1CCS(=O)(=O)C1)C1CCN(c2nc3ccccc3nc2C(F)(F)F)CC1. The van der Waals surface area contributed by atoms with E-state index < -0.39 is 21.7 Å². The Hall–Kier alpha value is -2.43. The molecule has 1 atom stereocenters. The molecular weight excluding hydrogens is 421 g/mol. The van der Waals surface area contributed by atoms with Gasteiger partial charge in [-0.1, -0.05) is 12.1 Å². The number of anilines is 1. The molecule has 1 N–H and O–H groups in total. The summed E-state index contributed by atoms with van der Waals surface area (Å²) in [6.45, 7) is 0.467. The minimum Gasteiger partial charge on any atom is -0.355 e. The molecule has 1 amide bonds. The van der Waals surface area contributed by atoms with Gasteiger partial charge in [0.2, 0.25) is 5.91 Å². The van der Waals surface area contributed by atoms with Gasteiger partial charge >= 0.3 is 6.18 Å². The molecule has 30 heavy (non-hydrogen) atoms. The topological polar surface area (TPSA) is 92.3 Å². The first-order valence-corrected chi connectivity index (χ1v) is 11.5. The fourth-order valence-electron chi connectivity index (χ4n) is 3.98. The second-order valence-electron chi connectivity index (χ2n) is 7.75. The lowest BCUT2D eigenvalue weighted by molar-refractivity contribution is -0.140. The highest BCUT2D eigenvalue weighted by Crippen LogP contribution is 2.36. The van der Waals surface area contributed by atoms with E-state index >= 15 is 0 Å². The molecule has 2 saturated heterocycles. The Morgan fingerprint density at radius 3 is 2.27 bits per heavy atom. The lowest BCUT2D eigenvalue weighted by atomic mass is 9.95. The van der Waals surface area contributed by atoms with Crippen LogP contribution < -0.4 is 10.2 Å². The molecule has 1 aromatic carbocycles. The number of alkyl halides is 3. The number of piperidine rings is 1. The smallest absolute Gasteiger partial charge is 0.355 e. The Morgan fingerprint density at radius 2 is 1.70 bits per heavy atom. The van der Waals surface area contributed by atoms with Gasteiger partial charge in [-0.3, -0.25) is 4.79 Å². The van der Waals surface area contributed by atoms with E-state index in [4.69, 9.17) is 0 Å². The summed E-state index contributed by atoms with van der Waals surface area (Å²) in [4.78, 5) is 22.0. The number of carbonyl (C=O) groups excluding carboxylic acids is 1. The first kappa shape index (κ1) is 20.8. The normalized spacial score (nSPS) is 22.4. The molecule has 3 heterocycles. The maximum Gasteiger partial charge on any atom is 0.437 e. The molecule has 2 aliphatic heterocycles. The average Bonchev–Trinajstić information content (AvgIpc) is 3.04. The van der Waals surface area contributed by atoms with Crippen molar-refractivity contribution in [3.63, 3.8) is 0 Å². The average molecular weight is 442 g/mol. The Balaban J connectivity index is 1.47. The van der Waals surface area contributed by atoms with E-state index in [2.05, 4.69) is 15.3 Å². The summed E-state index contributed by atoms with van der Waals surface area (Å²) in [5.74, 6) is -0.817. The van der Waals surface area contributed by atoms with Crippen LogP contribution in [0.1, 0.15) is 25.0 Å². The Labute approximate surface area is 171 Å². The molecule has 0 radical (unpaired) electrons. The Bertz CT molecular complexity index is 1070. The van der Waals surface area contributed by atoms with Crippen LogP contribution in [0, 0.1) is 5.92 Å². The minimum absolute atomic E-state index is 0.0563. The monoisotopic (exact) mass is 442 g/mol. The zero-order chi connectivity index (χ0) is 21.5. The number of sulfone groups is 1. The van der Waals surface area contributed by atoms with E-state index in [0.29, 0.717) is 24.8 Å². The maximum absolute atomic E-state index is 13.6. The van der Waals surface area contributed by atoms with Crippen LogP contribution in [0.2, 0.25) is 0 Å². The third kappa shape index (κ3) is 4.35. The largest absolute Gasteiger partial charge is 0.437 e. The molecule has 162 valence electrons. The highest BCUT2D eigenvalue weighted by molar-refractivity contribution is 7.91. The molecule has 11 heteroatoms. The highest BCUT2D eigenvalue weighted by Gasteiger charge is 2.40. The molecule has 0 spiro atoms. The molecule has 0 aliphatic carbocycles. The van der Waals surface area contributed by atoms with Crippen LogP contribution in [-0.2, 0) is 20.8 Å². The minimum atomic E-state index is -4.64. The lowest BCUT2D eigenvalue weighted by Gasteiger charge is -2.33. The number of hydrogen-bond acceptors (Lipinski definition) is 6. The summed E-state index contributed by atoms with van der Waals surface area (Å²) < 4.78 is 63.8. The Kier molecular flexibility index (Phi) is 5.33. The van der Waals surface area contributed by atoms with E-state index in [-0.39, 0.29) is 53.8 Å². The molecule has 0 bridgehead atoms. The summed E-state index contributed by atoms with van der Waals surface area (Å²) in [6.07, 6.45) is -3.53. The van der Waals surface area contributed by atoms with Crippen LogP contribution in [0.3, 0.4) is 0 Å². The van der Waals surface area contributed by atoms with Gasteiger partial charge in [0.1, 0.15) is 0 Å². The van der Waals surface area contributed by atoms with Crippen molar-refractivity contribution in [2.75, 3.05) is 29.5 Å². The van der Waals surface area contributed by atoms with E-state index in [9.17, 15) is 26.4 Å². The van der Waals surface area contributed by atoms with Gasteiger partial charge < -0.3 is 10.2 Å². The third-order valence-electron chi connectivity index (χ3n) is 5.56. The van der Waals surface area contributed by atoms with Gasteiger partial charge in [0, 0.05) is 25.0 Å². The van der Waals surface area contributed by atoms with Gasteiger partial charge in [-0.2, -0.15) is 13.2 Å². The molecule has 0 unspecified atom stereocenters. The summed E-state index contributed by atoms with van der Waals surface area (Å²) in [5, 5.41) is 2.77. The number of nitrogens with one attached hydrogen (secondary N) is 1. The van der Waals surface area contributed by atoms with E-state index in [1.807, 2.05) is 0 Å². The number of hydrogen-bond donors (Lipinski definition) is 1. The van der Waals surface area contributed by atoms with Crippen LogP contribution >= 0.6 is 0 Å². The summed E-state index contributed by atoms with van der Waals surface area (Å²) in [6, 6.07) is 6.01. The first-order valence-electron chi connectivity index (χ1n) is 9.72. The highest BCUT2D eigenvalue weighted by atomic mass is 32.2. The van der Waals surface area contributed by atoms with Crippen molar-refractivity contribution in [3.05, 3.63) is 30.0 Å². The second kappa shape index (κ2) is 7.68. The number of halogens is 3. The zero-order valence-electron chi connectivity index (χ0n) is 16.0. The first-order chi connectivity index (χ1) is 14.1. The van der Waals surface area contributed by atoms with E-state index in [1.165, 1.54) is 11.0 Å². The van der Waals surface area contributed by atoms with Crippen LogP contribution in [0.15, 0.2) is 24.3 Å². The number of nitrogens with zero attached hydrogens (tertiary/aromatic N) is 3. The molecular formula is C19H21F3N4O3S. The fourth-order valence-corrected chi connectivity index (χ4v) is 5.66. The van der Waals surface area contributed by atoms with Gasteiger partial charge in [-0.15, -0.1) is 0 Å². The maximum atomic E-state index is 13.6. The van der Waals surface area contributed by atoms with Crippen molar-refractivity contribution in [2.45, 2.75) is 31.5 Å². The standard InChI is InChI=1S/C19H21F3N4O3S/c20-19(21,22)16-17(25-15-4-2-1-3-14(15)24-16)26-8-5-12(6-9-26)18(27)23-13-7-10-30(28,29)11-13/h1-4,12-13H,5-11H2,(H,23,27)/t13-/m0/s1. The number of benzene rings is 1. The van der Waals surface area contributed by atoms with Crippen molar-refractivity contribution in [1.29, 1.82) is 0 Å². The van der Waals surface area contributed by atoms with E-state index in [1.54, 1.807) is 18.2 Å². The Morgan fingerprint density at radius 1 is 1.07 bits per heavy atom. The van der Waals surface area contributed by atoms with E-state index in [0.717, 1.165) is 0 Å². The van der Waals surface area contributed by atoms with Gasteiger partial charge in [-0.05, 0) is 31.4 Å². The number of fused-ring (bicyclic) bond motifs is 1.